The van der Waals surface area contributed by atoms with Gasteiger partial charge in [-0.2, -0.15) is 13.2 Å². The number of rotatable bonds is 4. The lowest BCUT2D eigenvalue weighted by atomic mass is 9.86. The Bertz CT molecular complexity index is 355. The maximum absolute atomic E-state index is 12.9. The third-order valence-electron chi connectivity index (χ3n) is 2.74. The minimum absolute atomic E-state index is 0.0380. The van der Waals surface area contributed by atoms with Crippen LogP contribution in [0.4, 0.5) is 13.2 Å². The largest absolute Gasteiger partial charge is 0.419 e. The van der Waals surface area contributed by atoms with Crippen molar-refractivity contribution in [3.8, 4) is 0 Å². The molecule has 1 aromatic heterocycles. The first-order valence-electron chi connectivity index (χ1n) is 5.25. The molecule has 0 radical (unpaired) electrons. The summed E-state index contributed by atoms with van der Waals surface area (Å²) < 4.78 is 38.6. The molecule has 3 nitrogen and oxygen atoms in total. The summed E-state index contributed by atoms with van der Waals surface area (Å²) in [6, 6.07) is 1.64. The first kappa shape index (κ1) is 13.9. The first-order chi connectivity index (χ1) is 7.81. The van der Waals surface area contributed by atoms with Crippen LogP contribution in [0.15, 0.2) is 24.5 Å². The molecule has 2 unspecified atom stereocenters. The SMILES string of the molecule is CCC(N)C(O)(Cc1cccnc1)C(F)(F)F. The number of hydrogen-bond acceptors (Lipinski definition) is 3. The normalized spacial score (nSPS) is 17.5. The number of halogens is 3. The van der Waals surface area contributed by atoms with Crippen molar-refractivity contribution in [2.75, 3.05) is 0 Å². The molecule has 0 saturated carbocycles. The van der Waals surface area contributed by atoms with E-state index in [1.54, 1.807) is 0 Å². The van der Waals surface area contributed by atoms with Gasteiger partial charge in [-0.25, -0.2) is 0 Å². The van der Waals surface area contributed by atoms with Gasteiger partial charge in [0, 0.05) is 24.9 Å². The summed E-state index contributed by atoms with van der Waals surface area (Å²) in [5.74, 6) is 0. The zero-order valence-electron chi connectivity index (χ0n) is 9.41. The molecule has 0 aliphatic heterocycles. The third-order valence-corrected chi connectivity index (χ3v) is 2.74. The molecule has 0 aliphatic rings. The highest BCUT2D eigenvalue weighted by atomic mass is 19.4. The second kappa shape index (κ2) is 5.01. The van der Waals surface area contributed by atoms with Gasteiger partial charge in [-0.1, -0.05) is 13.0 Å². The van der Waals surface area contributed by atoms with Crippen molar-refractivity contribution in [3.05, 3.63) is 30.1 Å². The molecule has 0 aliphatic carbocycles. The molecule has 0 fully saturated rings. The van der Waals surface area contributed by atoms with E-state index in [2.05, 4.69) is 4.98 Å². The van der Waals surface area contributed by atoms with Gasteiger partial charge in [0.05, 0.1) is 0 Å². The summed E-state index contributed by atoms with van der Waals surface area (Å²) in [5, 5.41) is 9.79. The van der Waals surface area contributed by atoms with Crippen molar-refractivity contribution >= 4 is 0 Å². The van der Waals surface area contributed by atoms with Crippen LogP contribution in [0.5, 0.6) is 0 Å². The van der Waals surface area contributed by atoms with Crippen LogP contribution >= 0.6 is 0 Å². The number of alkyl halides is 3. The van der Waals surface area contributed by atoms with E-state index >= 15 is 0 Å². The molecular formula is C11H15F3N2O. The highest BCUT2D eigenvalue weighted by molar-refractivity contribution is 5.15. The smallest absolute Gasteiger partial charge is 0.379 e. The average Bonchev–Trinajstić information content (AvgIpc) is 2.27. The Morgan fingerprint density at radius 2 is 2.12 bits per heavy atom. The van der Waals surface area contributed by atoms with Crippen LogP contribution in [0, 0.1) is 0 Å². The molecule has 0 amide bonds. The van der Waals surface area contributed by atoms with Gasteiger partial charge in [0.25, 0.3) is 0 Å². The lowest BCUT2D eigenvalue weighted by molar-refractivity contribution is -0.267. The number of hydrogen-bond donors (Lipinski definition) is 2. The summed E-state index contributed by atoms with van der Waals surface area (Å²) in [6.45, 7) is 1.50. The maximum atomic E-state index is 12.9. The highest BCUT2D eigenvalue weighted by Gasteiger charge is 2.56. The molecule has 2 atom stereocenters. The van der Waals surface area contributed by atoms with Crippen molar-refractivity contribution < 1.29 is 18.3 Å². The summed E-state index contributed by atoms with van der Waals surface area (Å²) in [6.07, 6.45) is -2.57. The van der Waals surface area contributed by atoms with E-state index in [9.17, 15) is 18.3 Å². The topological polar surface area (TPSA) is 59.1 Å². The second-order valence-corrected chi connectivity index (χ2v) is 3.97. The Balaban J connectivity index is 3.01. The van der Waals surface area contributed by atoms with E-state index in [-0.39, 0.29) is 6.42 Å². The van der Waals surface area contributed by atoms with Crippen molar-refractivity contribution in [1.82, 2.24) is 4.98 Å². The fourth-order valence-corrected chi connectivity index (χ4v) is 1.59. The van der Waals surface area contributed by atoms with Crippen molar-refractivity contribution in [2.24, 2.45) is 5.73 Å². The van der Waals surface area contributed by atoms with Gasteiger partial charge in [-0.15, -0.1) is 0 Å². The number of nitrogens with two attached hydrogens (primary N) is 1. The Labute approximate surface area is 97.5 Å². The monoisotopic (exact) mass is 248 g/mol. The van der Waals surface area contributed by atoms with Gasteiger partial charge in [0.2, 0.25) is 0 Å². The van der Waals surface area contributed by atoms with Crippen LogP contribution in [-0.4, -0.2) is 27.9 Å². The summed E-state index contributed by atoms with van der Waals surface area (Å²) in [4.78, 5) is 3.72. The van der Waals surface area contributed by atoms with Crippen molar-refractivity contribution in [3.63, 3.8) is 0 Å². The zero-order valence-corrected chi connectivity index (χ0v) is 9.41. The molecule has 0 saturated heterocycles. The Hall–Kier alpha value is -1.14. The lowest BCUT2D eigenvalue weighted by Crippen LogP contribution is -2.59. The minimum Gasteiger partial charge on any atom is -0.379 e. The average molecular weight is 248 g/mol. The molecule has 1 rings (SSSR count). The molecule has 1 aromatic rings. The van der Waals surface area contributed by atoms with E-state index in [0.29, 0.717) is 5.56 Å². The highest BCUT2D eigenvalue weighted by Crippen LogP contribution is 2.36. The van der Waals surface area contributed by atoms with Gasteiger partial charge in [-0.3, -0.25) is 4.98 Å². The minimum atomic E-state index is -4.77. The molecule has 3 N–H and O–H groups in total. The fraction of sp³-hybridized carbons (Fsp3) is 0.545. The predicted molar refractivity (Wildman–Crippen MR) is 57.2 cm³/mol. The lowest BCUT2D eigenvalue weighted by Gasteiger charge is -2.35. The van der Waals surface area contributed by atoms with Crippen molar-refractivity contribution in [1.29, 1.82) is 0 Å². The van der Waals surface area contributed by atoms with Crippen LogP contribution in [-0.2, 0) is 6.42 Å². The molecule has 17 heavy (non-hydrogen) atoms. The van der Waals surface area contributed by atoms with Gasteiger partial charge in [0.15, 0.2) is 5.60 Å². The third kappa shape index (κ3) is 2.95. The number of aliphatic hydroxyl groups is 1. The number of pyridine rings is 1. The molecule has 1 heterocycles. The zero-order chi connectivity index (χ0) is 13.1. The fourth-order valence-electron chi connectivity index (χ4n) is 1.59. The molecule has 0 aromatic carbocycles. The molecule has 0 bridgehead atoms. The van der Waals surface area contributed by atoms with Gasteiger partial charge in [-0.05, 0) is 18.1 Å². The van der Waals surface area contributed by atoms with Crippen LogP contribution in [0.1, 0.15) is 18.9 Å². The maximum Gasteiger partial charge on any atom is 0.419 e. The number of aromatic nitrogens is 1. The Morgan fingerprint density at radius 1 is 1.47 bits per heavy atom. The van der Waals surface area contributed by atoms with Crippen LogP contribution in [0.2, 0.25) is 0 Å². The summed E-state index contributed by atoms with van der Waals surface area (Å²) in [7, 11) is 0. The molecule has 6 heteroatoms. The molecule has 0 spiro atoms. The Kier molecular flexibility index (Phi) is 4.11. The van der Waals surface area contributed by atoms with Gasteiger partial charge in [0.1, 0.15) is 0 Å². The molecular weight excluding hydrogens is 233 g/mol. The van der Waals surface area contributed by atoms with E-state index in [4.69, 9.17) is 5.73 Å². The second-order valence-electron chi connectivity index (χ2n) is 3.97. The van der Waals surface area contributed by atoms with Crippen LogP contribution < -0.4 is 5.73 Å². The first-order valence-corrected chi connectivity index (χ1v) is 5.25. The van der Waals surface area contributed by atoms with E-state index in [0.717, 1.165) is 0 Å². The summed E-state index contributed by atoms with van der Waals surface area (Å²) >= 11 is 0. The van der Waals surface area contributed by atoms with Gasteiger partial charge >= 0.3 is 6.18 Å². The van der Waals surface area contributed by atoms with Gasteiger partial charge < -0.3 is 10.8 Å². The van der Waals surface area contributed by atoms with Crippen LogP contribution in [0.3, 0.4) is 0 Å². The van der Waals surface area contributed by atoms with E-state index in [1.165, 1.54) is 31.5 Å². The van der Waals surface area contributed by atoms with E-state index in [1.807, 2.05) is 0 Å². The Morgan fingerprint density at radius 3 is 2.53 bits per heavy atom. The molecule has 96 valence electrons. The predicted octanol–water partition coefficient (Wildman–Crippen LogP) is 1.65. The summed E-state index contributed by atoms with van der Waals surface area (Å²) in [5.41, 5.74) is 2.79. The van der Waals surface area contributed by atoms with E-state index < -0.39 is 24.2 Å². The number of nitrogens with zero attached hydrogens (tertiary/aromatic N) is 1. The standard InChI is InChI=1S/C11H15F3N2O/c1-2-9(15)10(17,11(12,13)14)6-8-4-3-5-16-7-8/h3-5,7,9,17H,2,6,15H2,1H3. The van der Waals surface area contributed by atoms with Crippen LogP contribution in [0.25, 0.3) is 0 Å². The van der Waals surface area contributed by atoms with Crippen molar-refractivity contribution in [2.45, 2.75) is 37.6 Å². The quantitative estimate of drug-likeness (QED) is 0.851.